The predicted octanol–water partition coefficient (Wildman–Crippen LogP) is 5.06. The van der Waals surface area contributed by atoms with Crippen LogP contribution in [0.2, 0.25) is 0 Å². The molecule has 6 heteroatoms. The van der Waals surface area contributed by atoms with Gasteiger partial charge < -0.3 is 14.7 Å². The fourth-order valence-corrected chi connectivity index (χ4v) is 6.41. The van der Waals surface area contributed by atoms with Gasteiger partial charge in [0.05, 0.1) is 11.8 Å². The lowest BCUT2D eigenvalue weighted by Gasteiger charge is -2.51. The van der Waals surface area contributed by atoms with Crippen LogP contribution < -0.4 is 0 Å². The maximum atomic E-state index is 13.4. The van der Waals surface area contributed by atoms with E-state index in [1.807, 2.05) is 22.7 Å². The van der Waals surface area contributed by atoms with Crippen LogP contribution in [0.3, 0.4) is 0 Å². The molecule has 1 aromatic heterocycles. The predicted molar refractivity (Wildman–Crippen MR) is 129 cm³/mol. The van der Waals surface area contributed by atoms with Crippen LogP contribution in [0.25, 0.3) is 11.1 Å². The molecule has 2 atom stereocenters. The lowest BCUT2D eigenvalue weighted by atomic mass is 9.73. The average molecular weight is 458 g/mol. The molecule has 1 amide bonds. The molecular weight excluding hydrogens is 426 g/mol. The molecule has 34 heavy (non-hydrogen) atoms. The van der Waals surface area contributed by atoms with Crippen molar-refractivity contribution in [3.63, 3.8) is 0 Å². The highest BCUT2D eigenvalue weighted by Gasteiger charge is 2.49. The van der Waals surface area contributed by atoms with Crippen molar-refractivity contribution in [2.45, 2.75) is 69.2 Å². The van der Waals surface area contributed by atoms with Crippen molar-refractivity contribution in [1.29, 1.82) is 0 Å². The summed E-state index contributed by atoms with van der Waals surface area (Å²) in [5.74, 6) is 0.0535. The van der Waals surface area contributed by atoms with Gasteiger partial charge in [-0.15, -0.1) is 0 Å². The van der Waals surface area contributed by atoms with Crippen LogP contribution in [0.1, 0.15) is 61.6 Å². The zero-order valence-corrected chi connectivity index (χ0v) is 19.6. The molecule has 0 spiro atoms. The first-order valence-corrected chi connectivity index (χ1v) is 12.5. The number of fused-ring (bicyclic) bond motifs is 5. The lowest BCUT2D eigenvalue weighted by Crippen LogP contribution is -2.59. The van der Waals surface area contributed by atoms with Gasteiger partial charge in [0, 0.05) is 49.1 Å². The Labute approximate surface area is 200 Å². The van der Waals surface area contributed by atoms with Crippen molar-refractivity contribution in [3.8, 4) is 11.1 Å². The van der Waals surface area contributed by atoms with E-state index in [4.69, 9.17) is 4.74 Å². The maximum absolute atomic E-state index is 13.4. The van der Waals surface area contributed by atoms with Gasteiger partial charge in [0.1, 0.15) is 6.61 Å². The van der Waals surface area contributed by atoms with Crippen LogP contribution in [0.4, 0.5) is 4.79 Å². The van der Waals surface area contributed by atoms with Crippen molar-refractivity contribution >= 4 is 6.09 Å². The number of aliphatic hydroxyl groups is 1. The molecule has 2 saturated heterocycles. The summed E-state index contributed by atoms with van der Waals surface area (Å²) in [5, 5.41) is 15.9. The average Bonchev–Trinajstić information content (AvgIpc) is 3.46. The van der Waals surface area contributed by atoms with Gasteiger partial charge in [-0.1, -0.05) is 48.5 Å². The Morgan fingerprint density at radius 3 is 2.26 bits per heavy atom. The van der Waals surface area contributed by atoms with E-state index in [1.165, 1.54) is 22.3 Å². The molecule has 3 aromatic rings. The van der Waals surface area contributed by atoms with Gasteiger partial charge in [0.2, 0.25) is 0 Å². The molecule has 2 fully saturated rings. The first kappa shape index (κ1) is 21.4. The Kier molecular flexibility index (Phi) is 5.21. The number of hydrogen-bond acceptors (Lipinski definition) is 4. The second-order valence-corrected chi connectivity index (χ2v) is 9.97. The van der Waals surface area contributed by atoms with Crippen molar-refractivity contribution in [3.05, 3.63) is 77.6 Å². The Balaban J connectivity index is 1.20. The molecular formula is C28H31N3O3. The van der Waals surface area contributed by atoms with Gasteiger partial charge >= 0.3 is 6.09 Å². The first-order valence-electron chi connectivity index (χ1n) is 12.5. The smallest absolute Gasteiger partial charge is 0.410 e. The molecule has 0 radical (unpaired) electrons. The number of amides is 1. The molecule has 176 valence electrons. The van der Waals surface area contributed by atoms with E-state index >= 15 is 0 Å². The number of nitrogens with zero attached hydrogens (tertiary/aromatic N) is 3. The standard InChI is InChI=1S/C28H31N3O3/c1-2-30-17-19(16-29-30)28(33)14-20-8-7-9-21(15-28)31(20)27(32)34-18-26-24-12-5-3-10-22(24)23-11-4-6-13-25(23)26/h3-6,10-13,16-17,20-21,26,33H,2,7-9,14-15,18H2,1H3. The largest absolute Gasteiger partial charge is 0.448 e. The molecule has 3 aliphatic rings. The van der Waals surface area contributed by atoms with Gasteiger partial charge in [-0.2, -0.15) is 5.10 Å². The maximum Gasteiger partial charge on any atom is 0.410 e. The van der Waals surface area contributed by atoms with Gasteiger partial charge in [-0.25, -0.2) is 4.79 Å². The zero-order chi connectivity index (χ0) is 23.3. The summed E-state index contributed by atoms with van der Waals surface area (Å²) in [5.41, 5.74) is 4.82. The van der Waals surface area contributed by atoms with Crippen molar-refractivity contribution in [2.75, 3.05) is 6.61 Å². The van der Waals surface area contributed by atoms with Gasteiger partial charge in [-0.3, -0.25) is 4.68 Å². The van der Waals surface area contributed by atoms with E-state index in [9.17, 15) is 9.90 Å². The van der Waals surface area contributed by atoms with E-state index in [1.54, 1.807) is 6.20 Å². The minimum Gasteiger partial charge on any atom is -0.448 e. The van der Waals surface area contributed by atoms with Crippen molar-refractivity contribution in [1.82, 2.24) is 14.7 Å². The van der Waals surface area contributed by atoms with E-state index in [-0.39, 0.29) is 24.1 Å². The third-order valence-electron chi connectivity index (χ3n) is 8.05. The van der Waals surface area contributed by atoms with E-state index in [2.05, 4.69) is 53.6 Å². The Bertz CT molecular complexity index is 1160. The normalized spacial score (nSPS) is 25.6. The fraction of sp³-hybridized carbons (Fsp3) is 0.429. The van der Waals surface area contributed by atoms with E-state index in [0.717, 1.165) is 31.4 Å². The fourth-order valence-electron chi connectivity index (χ4n) is 6.41. The quantitative estimate of drug-likeness (QED) is 0.595. The van der Waals surface area contributed by atoms with Crippen LogP contribution in [0.15, 0.2) is 60.9 Å². The molecule has 2 aromatic carbocycles. The van der Waals surface area contributed by atoms with Crippen molar-refractivity contribution < 1.29 is 14.6 Å². The molecule has 1 aliphatic carbocycles. The second-order valence-electron chi connectivity index (χ2n) is 9.97. The van der Waals surface area contributed by atoms with Crippen LogP contribution in [0.5, 0.6) is 0 Å². The van der Waals surface area contributed by atoms with Crippen LogP contribution in [-0.4, -0.2) is 44.6 Å². The molecule has 1 N–H and O–H groups in total. The molecule has 2 aliphatic heterocycles. The number of aromatic nitrogens is 2. The Morgan fingerprint density at radius 1 is 1.06 bits per heavy atom. The number of carbonyl (C=O) groups is 1. The summed E-state index contributed by atoms with van der Waals surface area (Å²) in [4.78, 5) is 15.3. The minimum absolute atomic E-state index is 0.0156. The molecule has 6 nitrogen and oxygen atoms in total. The second kappa shape index (κ2) is 8.27. The monoisotopic (exact) mass is 457 g/mol. The lowest BCUT2D eigenvalue weighted by molar-refractivity contribution is -0.0891. The zero-order valence-electron chi connectivity index (χ0n) is 19.6. The summed E-state index contributed by atoms with van der Waals surface area (Å²) in [6, 6.07) is 16.8. The van der Waals surface area contributed by atoms with E-state index in [0.29, 0.717) is 19.4 Å². The summed E-state index contributed by atoms with van der Waals surface area (Å²) in [6.07, 6.45) is 7.40. The molecule has 6 rings (SSSR count). The number of carbonyl (C=O) groups excluding carboxylic acids is 1. The first-order chi connectivity index (χ1) is 16.6. The van der Waals surface area contributed by atoms with Crippen LogP contribution in [0, 0.1) is 0 Å². The molecule has 0 saturated carbocycles. The Hall–Kier alpha value is -3.12. The molecule has 2 unspecified atom stereocenters. The topological polar surface area (TPSA) is 67.6 Å². The van der Waals surface area contributed by atoms with Crippen molar-refractivity contribution in [2.24, 2.45) is 0 Å². The van der Waals surface area contributed by atoms with E-state index < -0.39 is 5.60 Å². The SMILES string of the molecule is CCn1cc(C2(O)CC3CCCC(C2)N3C(=O)OCC2c3ccccc3-c3ccccc32)cn1. The summed E-state index contributed by atoms with van der Waals surface area (Å²) < 4.78 is 7.85. The summed E-state index contributed by atoms with van der Waals surface area (Å²) >= 11 is 0. The van der Waals surface area contributed by atoms with Gasteiger partial charge in [0.15, 0.2) is 0 Å². The molecule has 2 bridgehead atoms. The Morgan fingerprint density at radius 2 is 1.68 bits per heavy atom. The highest BCUT2D eigenvalue weighted by atomic mass is 16.6. The molecule has 3 heterocycles. The highest BCUT2D eigenvalue weighted by molar-refractivity contribution is 5.79. The summed E-state index contributed by atoms with van der Waals surface area (Å²) in [7, 11) is 0. The van der Waals surface area contributed by atoms with Crippen LogP contribution >= 0.6 is 0 Å². The van der Waals surface area contributed by atoms with Gasteiger partial charge in [0.25, 0.3) is 0 Å². The number of piperidine rings is 2. The minimum atomic E-state index is -0.941. The van der Waals surface area contributed by atoms with Gasteiger partial charge in [-0.05, 0) is 48.4 Å². The number of rotatable bonds is 4. The third kappa shape index (κ3) is 3.43. The van der Waals surface area contributed by atoms with Crippen LogP contribution in [-0.2, 0) is 16.9 Å². The number of hydrogen-bond donors (Lipinski definition) is 1. The number of benzene rings is 2. The number of ether oxygens (including phenoxy) is 1. The third-order valence-corrected chi connectivity index (χ3v) is 8.05. The number of aryl methyl sites for hydroxylation is 1. The highest BCUT2D eigenvalue weighted by Crippen LogP contribution is 2.46. The summed E-state index contributed by atoms with van der Waals surface area (Å²) in [6.45, 7) is 3.14.